The van der Waals surface area contributed by atoms with Crippen LogP contribution in [-0.2, 0) is 11.3 Å². The van der Waals surface area contributed by atoms with Crippen molar-refractivity contribution >= 4 is 33.8 Å². The maximum Gasteiger partial charge on any atom is 0.279 e. The molecular weight excluding hydrogens is 341 g/mol. The minimum Gasteiger partial charge on any atom is -0.302 e. The molecule has 0 saturated heterocycles. The molecule has 0 unspecified atom stereocenters. The van der Waals surface area contributed by atoms with Crippen molar-refractivity contribution in [1.82, 2.24) is 10.2 Å². The molecule has 0 aliphatic carbocycles. The first-order valence-electron chi connectivity index (χ1n) is 7.48. The van der Waals surface area contributed by atoms with Gasteiger partial charge in [-0.2, -0.15) is 5.10 Å². The second-order valence-electron chi connectivity index (χ2n) is 5.32. The number of nitrogens with zero attached hydrogens (tertiary/aromatic N) is 4. The van der Waals surface area contributed by atoms with E-state index in [1.54, 1.807) is 23.7 Å². The number of rotatable bonds is 4. The monoisotopic (exact) mass is 353 g/mol. The van der Waals surface area contributed by atoms with Crippen molar-refractivity contribution in [3.05, 3.63) is 71.0 Å². The number of fused-ring (bicyclic) bond motifs is 1. The lowest BCUT2D eigenvalue weighted by molar-refractivity contribution is -0.112. The Morgan fingerprint density at radius 3 is 2.76 bits per heavy atom. The van der Waals surface area contributed by atoms with E-state index < -0.39 is 0 Å². The van der Waals surface area contributed by atoms with Gasteiger partial charge in [-0.3, -0.25) is 10.2 Å². The van der Waals surface area contributed by atoms with Crippen molar-refractivity contribution in [2.75, 3.05) is 10.3 Å². The van der Waals surface area contributed by atoms with Crippen molar-refractivity contribution in [3.63, 3.8) is 0 Å². The lowest BCUT2D eigenvalue weighted by Crippen LogP contribution is -2.30. The zero-order valence-corrected chi connectivity index (χ0v) is 13.7. The molecule has 6 nitrogen and oxygen atoms in total. The summed E-state index contributed by atoms with van der Waals surface area (Å²) < 4.78 is 14.0. The van der Waals surface area contributed by atoms with Gasteiger partial charge in [-0.1, -0.05) is 47.7 Å². The standard InChI is InChI=1S/C17H12FN5OS/c18-13-7-3-1-5-11(13)9-23-14-8-4-2-6-12(14)15(16(23)24)20-22-17-21-19-10-25-17/h1-8,10H,9H2,(H,21,22). The Labute approximate surface area is 146 Å². The smallest absolute Gasteiger partial charge is 0.279 e. The molecule has 1 N–H and O–H groups in total. The molecule has 2 aromatic carbocycles. The highest BCUT2D eigenvalue weighted by molar-refractivity contribution is 7.13. The number of amides is 1. The fraction of sp³-hybridized carbons (Fsp3) is 0.0588. The highest BCUT2D eigenvalue weighted by Gasteiger charge is 2.34. The second kappa shape index (κ2) is 6.40. The number of hydrogen-bond donors (Lipinski definition) is 1. The van der Waals surface area contributed by atoms with E-state index in [9.17, 15) is 9.18 Å². The quantitative estimate of drug-likeness (QED) is 0.732. The molecule has 2 heterocycles. The molecule has 0 atom stereocenters. The number of hydrazone groups is 1. The number of nitrogens with one attached hydrogen (secondary N) is 1. The minimum atomic E-state index is -0.342. The fourth-order valence-corrected chi connectivity index (χ4v) is 3.04. The molecule has 1 amide bonds. The molecule has 25 heavy (non-hydrogen) atoms. The molecule has 1 aliphatic rings. The van der Waals surface area contributed by atoms with Crippen molar-refractivity contribution in [3.8, 4) is 0 Å². The number of halogens is 1. The maximum absolute atomic E-state index is 14.0. The summed E-state index contributed by atoms with van der Waals surface area (Å²) >= 11 is 1.28. The summed E-state index contributed by atoms with van der Waals surface area (Å²) in [5, 5.41) is 12.2. The molecule has 0 saturated carbocycles. The van der Waals surface area contributed by atoms with Crippen LogP contribution in [0.25, 0.3) is 0 Å². The average molecular weight is 353 g/mol. The number of benzene rings is 2. The first-order valence-corrected chi connectivity index (χ1v) is 8.36. The van der Waals surface area contributed by atoms with Gasteiger partial charge in [-0.05, 0) is 12.1 Å². The SMILES string of the molecule is O=C1C(=NNc2nncs2)c2ccccc2N1Cc1ccccc1F. The third kappa shape index (κ3) is 2.87. The minimum absolute atomic E-state index is 0.139. The molecule has 124 valence electrons. The topological polar surface area (TPSA) is 70.5 Å². The van der Waals surface area contributed by atoms with Gasteiger partial charge in [0.2, 0.25) is 5.13 Å². The van der Waals surface area contributed by atoms with Gasteiger partial charge in [0.05, 0.1) is 12.2 Å². The number of carbonyl (C=O) groups excluding carboxylic acids is 1. The number of anilines is 2. The number of hydrogen-bond acceptors (Lipinski definition) is 6. The van der Waals surface area contributed by atoms with Crippen LogP contribution in [0.3, 0.4) is 0 Å². The number of para-hydroxylation sites is 1. The predicted molar refractivity (Wildman–Crippen MR) is 94.1 cm³/mol. The van der Waals surface area contributed by atoms with Crippen molar-refractivity contribution in [2.24, 2.45) is 5.10 Å². The number of carbonyl (C=O) groups is 1. The fourth-order valence-electron chi connectivity index (χ4n) is 2.65. The summed E-state index contributed by atoms with van der Waals surface area (Å²) in [4.78, 5) is 14.4. The first kappa shape index (κ1) is 15.4. The van der Waals surface area contributed by atoms with Crippen molar-refractivity contribution in [1.29, 1.82) is 0 Å². The molecule has 1 aliphatic heterocycles. The largest absolute Gasteiger partial charge is 0.302 e. The highest BCUT2D eigenvalue weighted by atomic mass is 32.1. The Kier molecular flexibility index (Phi) is 3.95. The third-order valence-corrected chi connectivity index (χ3v) is 4.40. The Morgan fingerprint density at radius 2 is 1.96 bits per heavy atom. The molecule has 0 fully saturated rings. The summed E-state index contributed by atoms with van der Waals surface area (Å²) in [6, 6.07) is 13.7. The van der Waals surface area contributed by atoms with Crippen LogP contribution in [0, 0.1) is 5.82 Å². The van der Waals surface area contributed by atoms with Crippen LogP contribution in [0.15, 0.2) is 59.1 Å². The lowest BCUT2D eigenvalue weighted by atomic mass is 10.1. The summed E-state index contributed by atoms with van der Waals surface area (Å²) in [6.07, 6.45) is 0. The first-order chi connectivity index (χ1) is 12.2. The van der Waals surface area contributed by atoms with Crippen LogP contribution in [0.2, 0.25) is 0 Å². The Balaban J connectivity index is 1.69. The van der Waals surface area contributed by atoms with Crippen LogP contribution >= 0.6 is 11.3 Å². The third-order valence-electron chi connectivity index (χ3n) is 3.81. The van der Waals surface area contributed by atoms with E-state index in [-0.39, 0.29) is 24.0 Å². The van der Waals surface area contributed by atoms with Crippen LogP contribution in [0.4, 0.5) is 15.2 Å². The van der Waals surface area contributed by atoms with E-state index in [1.807, 2.05) is 24.3 Å². The molecule has 0 bridgehead atoms. The summed E-state index contributed by atoms with van der Waals surface area (Å²) in [6.45, 7) is 0.139. The predicted octanol–water partition coefficient (Wildman–Crippen LogP) is 3.04. The average Bonchev–Trinajstić information content (AvgIpc) is 3.23. The Bertz CT molecular complexity index is 957. The molecule has 4 rings (SSSR count). The van der Waals surface area contributed by atoms with Crippen LogP contribution in [0.1, 0.15) is 11.1 Å². The number of aromatic nitrogens is 2. The van der Waals surface area contributed by atoms with Gasteiger partial charge in [-0.15, -0.1) is 10.2 Å². The van der Waals surface area contributed by atoms with Gasteiger partial charge >= 0.3 is 0 Å². The molecule has 0 spiro atoms. The zero-order valence-electron chi connectivity index (χ0n) is 12.9. The second-order valence-corrected chi connectivity index (χ2v) is 6.15. The maximum atomic E-state index is 14.0. The van der Waals surface area contributed by atoms with E-state index >= 15 is 0 Å². The van der Waals surface area contributed by atoms with Crippen LogP contribution in [-0.4, -0.2) is 21.8 Å². The van der Waals surface area contributed by atoms with Gasteiger partial charge < -0.3 is 4.90 Å². The van der Waals surface area contributed by atoms with E-state index in [0.717, 1.165) is 0 Å². The Hall–Kier alpha value is -3.13. The van der Waals surface area contributed by atoms with Crippen LogP contribution in [0.5, 0.6) is 0 Å². The van der Waals surface area contributed by atoms with E-state index in [4.69, 9.17) is 0 Å². The van der Waals surface area contributed by atoms with Gasteiger partial charge in [0, 0.05) is 11.1 Å². The van der Waals surface area contributed by atoms with Gasteiger partial charge in [0.25, 0.3) is 5.91 Å². The summed E-state index contributed by atoms with van der Waals surface area (Å²) in [5.74, 6) is -0.633. The molecule has 1 aromatic heterocycles. The normalized spacial score (nSPS) is 14.8. The van der Waals surface area contributed by atoms with Crippen molar-refractivity contribution in [2.45, 2.75) is 6.54 Å². The molecule has 3 aromatic rings. The van der Waals surface area contributed by atoms with E-state index in [2.05, 4.69) is 20.7 Å². The highest BCUT2D eigenvalue weighted by Crippen LogP contribution is 2.31. The van der Waals surface area contributed by atoms with Gasteiger partial charge in [0.1, 0.15) is 11.3 Å². The van der Waals surface area contributed by atoms with Gasteiger partial charge in [0.15, 0.2) is 5.71 Å². The van der Waals surface area contributed by atoms with Crippen molar-refractivity contribution < 1.29 is 9.18 Å². The summed E-state index contributed by atoms with van der Waals surface area (Å²) in [7, 11) is 0. The van der Waals surface area contributed by atoms with E-state index in [1.165, 1.54) is 22.3 Å². The van der Waals surface area contributed by atoms with Crippen LogP contribution < -0.4 is 10.3 Å². The molecule has 8 heteroatoms. The summed E-state index contributed by atoms with van der Waals surface area (Å²) in [5.41, 5.74) is 6.42. The zero-order chi connectivity index (χ0) is 17.2. The van der Waals surface area contributed by atoms with E-state index in [0.29, 0.717) is 21.9 Å². The van der Waals surface area contributed by atoms with Gasteiger partial charge in [-0.25, -0.2) is 4.39 Å². The molecule has 0 radical (unpaired) electrons. The Morgan fingerprint density at radius 1 is 1.16 bits per heavy atom. The molecular formula is C17H12FN5OS. The lowest BCUT2D eigenvalue weighted by Gasteiger charge is -2.17.